The van der Waals surface area contributed by atoms with Crippen LogP contribution in [0.25, 0.3) is 20.8 Å². The van der Waals surface area contributed by atoms with Crippen molar-refractivity contribution in [2.75, 3.05) is 18.4 Å². The Morgan fingerprint density at radius 1 is 1.03 bits per heavy atom. The van der Waals surface area contributed by atoms with E-state index in [1.54, 1.807) is 51.2 Å². The third kappa shape index (κ3) is 4.74. The predicted molar refractivity (Wildman–Crippen MR) is 151 cm³/mol. The molecule has 1 saturated heterocycles. The quantitative estimate of drug-likeness (QED) is 0.304. The fourth-order valence-electron chi connectivity index (χ4n) is 5.25. The molecule has 1 N–H and O–H groups in total. The molecule has 9 heteroatoms. The van der Waals surface area contributed by atoms with Gasteiger partial charge in [-0.15, -0.1) is 22.7 Å². The van der Waals surface area contributed by atoms with Crippen molar-refractivity contribution in [2.24, 2.45) is 5.92 Å². The molecule has 0 bridgehead atoms. The lowest BCUT2D eigenvalue weighted by Crippen LogP contribution is -2.35. The minimum Gasteiger partial charge on any atom is -0.313 e. The van der Waals surface area contributed by atoms with Crippen LogP contribution in [0.3, 0.4) is 0 Å². The first-order valence-corrected chi connectivity index (χ1v) is 15.9. The van der Waals surface area contributed by atoms with Crippen LogP contribution in [0.5, 0.6) is 0 Å². The van der Waals surface area contributed by atoms with E-state index in [1.165, 1.54) is 10.4 Å². The van der Waals surface area contributed by atoms with E-state index in [9.17, 15) is 13.2 Å². The molecular weight excluding hydrogens is 523 g/mol. The molecule has 4 aromatic rings. The largest absolute Gasteiger partial charge is 0.313 e. The molecule has 1 aliphatic carbocycles. The molecule has 2 aliphatic rings. The summed E-state index contributed by atoms with van der Waals surface area (Å²) in [5.74, 6) is 0.378. The van der Waals surface area contributed by atoms with Crippen LogP contribution in [-0.4, -0.2) is 36.7 Å². The van der Waals surface area contributed by atoms with Crippen molar-refractivity contribution in [1.29, 1.82) is 0 Å². The Kier molecular flexibility index (Phi) is 6.65. The fraction of sp³-hybridized carbons (Fsp3) is 0.357. The fourth-order valence-corrected chi connectivity index (χ4v) is 9.29. The maximum Gasteiger partial charge on any atom is 0.256 e. The molecule has 1 amide bonds. The minimum absolute atomic E-state index is 0.238. The first kappa shape index (κ1) is 24.7. The molecule has 1 atom stereocenters. The monoisotopic (exact) mass is 551 g/mol. The van der Waals surface area contributed by atoms with Gasteiger partial charge in [0.2, 0.25) is 10.0 Å². The number of sulfonamides is 1. The number of amides is 1. The number of benzene rings is 2. The van der Waals surface area contributed by atoms with E-state index in [-0.39, 0.29) is 10.8 Å². The summed E-state index contributed by atoms with van der Waals surface area (Å²) in [4.78, 5) is 19.8. The van der Waals surface area contributed by atoms with Gasteiger partial charge in [-0.05, 0) is 80.0 Å². The summed E-state index contributed by atoms with van der Waals surface area (Å²) in [6, 6.07) is 14.4. The number of hydrogen-bond donors (Lipinski definition) is 1. The van der Waals surface area contributed by atoms with Gasteiger partial charge in [-0.25, -0.2) is 13.4 Å². The average Bonchev–Trinajstić information content (AvgIpc) is 3.49. The Morgan fingerprint density at radius 2 is 1.78 bits per heavy atom. The summed E-state index contributed by atoms with van der Waals surface area (Å²) in [6.45, 7) is 3.39. The van der Waals surface area contributed by atoms with Crippen molar-refractivity contribution in [3.63, 3.8) is 0 Å². The molecule has 37 heavy (non-hydrogen) atoms. The van der Waals surface area contributed by atoms with Crippen molar-refractivity contribution in [3.8, 4) is 10.6 Å². The second-order valence-corrected chi connectivity index (χ2v) is 14.1. The van der Waals surface area contributed by atoms with Crippen LogP contribution < -0.4 is 5.32 Å². The number of hydrogen-bond acceptors (Lipinski definition) is 6. The van der Waals surface area contributed by atoms with Crippen LogP contribution in [0.15, 0.2) is 53.4 Å². The maximum atomic E-state index is 13.3. The number of nitrogens with zero attached hydrogens (tertiary/aromatic N) is 2. The first-order chi connectivity index (χ1) is 17.9. The highest BCUT2D eigenvalue weighted by atomic mass is 32.2. The molecule has 1 aliphatic heterocycles. The van der Waals surface area contributed by atoms with Gasteiger partial charge in [0.25, 0.3) is 5.91 Å². The van der Waals surface area contributed by atoms with Crippen LogP contribution in [0.1, 0.15) is 53.4 Å². The molecule has 0 spiro atoms. The second kappa shape index (κ2) is 9.94. The number of aromatic nitrogens is 1. The third-order valence-electron chi connectivity index (χ3n) is 7.32. The number of nitrogens with one attached hydrogen (secondary N) is 1. The SMILES string of the molecule is CC1CCc2c(sc(NC(=O)c3ccc(S(=O)(=O)N4CCCCC4)cc3)c2-c2nc3ccccc3s2)C1. The van der Waals surface area contributed by atoms with Gasteiger partial charge >= 0.3 is 0 Å². The van der Waals surface area contributed by atoms with E-state index in [1.807, 2.05) is 18.2 Å². The second-order valence-electron chi connectivity index (χ2n) is 9.99. The number of piperidine rings is 1. The van der Waals surface area contributed by atoms with Gasteiger partial charge in [-0.2, -0.15) is 4.31 Å². The zero-order valence-corrected chi connectivity index (χ0v) is 23.1. The standard InChI is InChI=1S/C28H29N3O3S3/c1-18-9-14-21-24(17-18)36-28(25(21)27-29-22-7-3-4-8-23(22)35-27)30-26(32)19-10-12-20(13-11-19)37(33,34)31-15-5-2-6-16-31/h3-4,7-8,10-13,18H,2,5-6,9,14-17H2,1H3,(H,30,32). The van der Waals surface area contributed by atoms with Gasteiger partial charge < -0.3 is 5.32 Å². The van der Waals surface area contributed by atoms with Crippen LogP contribution in [-0.2, 0) is 22.9 Å². The Morgan fingerprint density at radius 3 is 2.54 bits per heavy atom. The van der Waals surface area contributed by atoms with Gasteiger partial charge in [0.1, 0.15) is 10.0 Å². The van der Waals surface area contributed by atoms with Gasteiger partial charge in [-0.3, -0.25) is 4.79 Å². The topological polar surface area (TPSA) is 79.4 Å². The Labute approximate surface area is 225 Å². The van der Waals surface area contributed by atoms with E-state index in [2.05, 4.69) is 18.3 Å². The summed E-state index contributed by atoms with van der Waals surface area (Å²) < 4.78 is 28.7. The lowest BCUT2D eigenvalue weighted by molar-refractivity contribution is 0.102. The molecule has 2 aromatic heterocycles. The van der Waals surface area contributed by atoms with Crippen LogP contribution in [0.2, 0.25) is 0 Å². The lowest BCUT2D eigenvalue weighted by Gasteiger charge is -2.25. The first-order valence-electron chi connectivity index (χ1n) is 12.8. The highest BCUT2D eigenvalue weighted by molar-refractivity contribution is 7.89. The Bertz CT molecular complexity index is 1530. The van der Waals surface area contributed by atoms with Crippen molar-refractivity contribution in [2.45, 2.75) is 50.3 Å². The van der Waals surface area contributed by atoms with E-state index >= 15 is 0 Å². The van der Waals surface area contributed by atoms with E-state index < -0.39 is 10.0 Å². The van der Waals surface area contributed by atoms with Gasteiger partial charge in [0, 0.05) is 29.1 Å². The molecule has 1 fully saturated rings. The molecule has 3 heterocycles. The van der Waals surface area contributed by atoms with Crippen molar-refractivity contribution in [1.82, 2.24) is 9.29 Å². The highest BCUT2D eigenvalue weighted by Crippen LogP contribution is 2.47. The lowest BCUT2D eigenvalue weighted by atomic mass is 9.88. The summed E-state index contributed by atoms with van der Waals surface area (Å²) in [7, 11) is -3.53. The number of anilines is 1. The molecule has 2 aromatic carbocycles. The smallest absolute Gasteiger partial charge is 0.256 e. The van der Waals surface area contributed by atoms with Crippen LogP contribution in [0.4, 0.5) is 5.00 Å². The zero-order chi connectivity index (χ0) is 25.6. The Balaban J connectivity index is 1.30. The third-order valence-corrected chi connectivity index (χ3v) is 11.5. The van der Waals surface area contributed by atoms with Gasteiger partial charge in [0.05, 0.1) is 15.1 Å². The molecular formula is C28H29N3O3S3. The number of thiophene rings is 1. The zero-order valence-electron chi connectivity index (χ0n) is 20.7. The molecule has 6 nitrogen and oxygen atoms in total. The number of carbonyl (C=O) groups excluding carboxylic acids is 1. The molecule has 6 rings (SSSR count). The number of para-hydroxylation sites is 1. The molecule has 192 valence electrons. The number of fused-ring (bicyclic) bond motifs is 2. The average molecular weight is 552 g/mol. The summed E-state index contributed by atoms with van der Waals surface area (Å²) in [5.41, 5.74) is 3.76. The number of carbonyl (C=O) groups is 1. The van der Waals surface area contributed by atoms with Gasteiger partial charge in [-0.1, -0.05) is 25.5 Å². The van der Waals surface area contributed by atoms with E-state index in [0.717, 1.165) is 64.3 Å². The van der Waals surface area contributed by atoms with Crippen molar-refractivity contribution < 1.29 is 13.2 Å². The van der Waals surface area contributed by atoms with Crippen molar-refractivity contribution in [3.05, 3.63) is 64.5 Å². The van der Waals surface area contributed by atoms with Crippen LogP contribution in [0, 0.1) is 5.92 Å². The number of rotatable bonds is 5. The summed E-state index contributed by atoms with van der Waals surface area (Å²) in [6.07, 6.45) is 5.96. The van der Waals surface area contributed by atoms with E-state index in [0.29, 0.717) is 24.6 Å². The minimum atomic E-state index is -3.53. The summed E-state index contributed by atoms with van der Waals surface area (Å²) >= 11 is 3.31. The normalized spacial score (nSPS) is 18.6. The van der Waals surface area contributed by atoms with Gasteiger partial charge in [0.15, 0.2) is 0 Å². The summed E-state index contributed by atoms with van der Waals surface area (Å²) in [5, 5.41) is 4.91. The predicted octanol–water partition coefficient (Wildman–Crippen LogP) is 6.58. The van der Waals surface area contributed by atoms with E-state index in [4.69, 9.17) is 4.98 Å². The maximum absolute atomic E-state index is 13.3. The Hall–Kier alpha value is -2.59. The van der Waals surface area contributed by atoms with Crippen molar-refractivity contribution >= 4 is 53.8 Å². The molecule has 1 unspecified atom stereocenters. The van der Waals surface area contributed by atoms with Crippen LogP contribution >= 0.6 is 22.7 Å². The molecule has 0 radical (unpaired) electrons. The number of thiazole rings is 1. The molecule has 0 saturated carbocycles. The highest BCUT2D eigenvalue weighted by Gasteiger charge is 2.28.